The highest BCUT2D eigenvalue weighted by atomic mass is 16.1. The van der Waals surface area contributed by atoms with Gasteiger partial charge in [-0.25, -0.2) is 4.98 Å². The second kappa shape index (κ2) is 9.29. The summed E-state index contributed by atoms with van der Waals surface area (Å²) in [4.78, 5) is 20.5. The minimum atomic E-state index is -0.458. The normalized spacial score (nSPS) is 26.1. The lowest BCUT2D eigenvalue weighted by molar-refractivity contribution is 0.100. The van der Waals surface area contributed by atoms with Crippen LogP contribution in [0.1, 0.15) is 23.2 Å². The number of nitrogens with zero attached hydrogens (tertiary/aromatic N) is 3. The van der Waals surface area contributed by atoms with Crippen molar-refractivity contribution in [2.24, 2.45) is 28.7 Å². The summed E-state index contributed by atoms with van der Waals surface area (Å²) in [6, 6.07) is 11.0. The van der Waals surface area contributed by atoms with E-state index in [0.717, 1.165) is 35.9 Å². The molecule has 10 heteroatoms. The fourth-order valence-corrected chi connectivity index (χ4v) is 4.51. The third-order valence-electron chi connectivity index (χ3n) is 5.93. The maximum Gasteiger partial charge on any atom is 0.248 e. The lowest BCUT2D eigenvalue weighted by Gasteiger charge is -2.38. The Bertz CT molecular complexity index is 887. The Morgan fingerprint density at radius 2 is 1.22 bits per heavy atom. The van der Waals surface area contributed by atoms with E-state index in [4.69, 9.17) is 33.7 Å². The van der Waals surface area contributed by atoms with Crippen LogP contribution in [0.5, 0.6) is 0 Å². The predicted octanol–water partition coefficient (Wildman–Crippen LogP) is -0.346. The molecule has 0 radical (unpaired) electrons. The summed E-state index contributed by atoms with van der Waals surface area (Å²) in [5.74, 6) is 1.15. The van der Waals surface area contributed by atoms with Crippen LogP contribution in [0, 0.1) is 0 Å². The maximum atomic E-state index is 11.4. The molecule has 0 unspecified atom stereocenters. The van der Waals surface area contributed by atoms with E-state index in [1.807, 2.05) is 24.3 Å². The van der Waals surface area contributed by atoms with Gasteiger partial charge in [-0.3, -0.25) is 4.79 Å². The molecule has 0 spiro atoms. The summed E-state index contributed by atoms with van der Waals surface area (Å²) in [5, 5.41) is 3.40. The van der Waals surface area contributed by atoms with Crippen LogP contribution in [-0.2, 0) is 0 Å². The monoisotopic (exact) mass is 439 g/mol. The molecule has 4 atom stereocenters. The summed E-state index contributed by atoms with van der Waals surface area (Å²) >= 11 is 0. The number of carbonyl (C=O) groups is 1. The van der Waals surface area contributed by atoms with Gasteiger partial charge in [-0.15, -0.1) is 0 Å². The number of nitrogens with one attached hydrogen (secondary N) is 1. The molecule has 0 bridgehead atoms. The quantitative estimate of drug-likeness (QED) is 0.363. The zero-order chi connectivity index (χ0) is 22.8. The van der Waals surface area contributed by atoms with Crippen molar-refractivity contribution in [2.75, 3.05) is 41.3 Å². The zero-order valence-corrected chi connectivity index (χ0v) is 18.2. The molecule has 2 saturated heterocycles. The Morgan fingerprint density at radius 3 is 1.62 bits per heavy atom. The molecule has 2 aromatic rings. The van der Waals surface area contributed by atoms with Crippen molar-refractivity contribution in [3.63, 3.8) is 0 Å². The number of anilines is 4. The minimum Gasteiger partial charge on any atom is -0.366 e. The van der Waals surface area contributed by atoms with E-state index in [1.54, 1.807) is 12.1 Å². The van der Waals surface area contributed by atoms with E-state index in [-0.39, 0.29) is 24.2 Å². The first-order valence-electron chi connectivity index (χ1n) is 11.0. The van der Waals surface area contributed by atoms with Crippen molar-refractivity contribution in [1.29, 1.82) is 0 Å². The molecule has 2 aliphatic rings. The van der Waals surface area contributed by atoms with E-state index < -0.39 is 5.91 Å². The summed E-state index contributed by atoms with van der Waals surface area (Å²) in [7, 11) is 0. The molecule has 1 amide bonds. The second-order valence-corrected chi connectivity index (χ2v) is 8.96. The van der Waals surface area contributed by atoms with Gasteiger partial charge in [0.05, 0.1) is 0 Å². The Kier molecular flexibility index (Phi) is 6.47. The largest absolute Gasteiger partial charge is 0.366 e. The molecule has 10 nitrogen and oxygen atoms in total. The molecular weight excluding hydrogens is 406 g/mol. The van der Waals surface area contributed by atoms with Crippen LogP contribution in [0.25, 0.3) is 0 Å². The SMILES string of the molecule is NC(=O)c1ccc(Nc2cc(N3C[C@H](N)C[C@H](N)C3)nc(N3C[C@H](N)C[C@H](N)C3)c2)cc1. The van der Waals surface area contributed by atoms with Crippen LogP contribution in [0.3, 0.4) is 0 Å². The van der Waals surface area contributed by atoms with Gasteiger partial charge in [0.15, 0.2) is 0 Å². The number of pyridine rings is 1. The first kappa shape index (κ1) is 22.3. The Balaban J connectivity index is 1.65. The van der Waals surface area contributed by atoms with Gasteiger partial charge in [0.25, 0.3) is 0 Å². The Labute approximate surface area is 188 Å². The molecular formula is C22H33N9O. The number of benzene rings is 1. The fourth-order valence-electron chi connectivity index (χ4n) is 4.51. The van der Waals surface area contributed by atoms with Crippen molar-refractivity contribution in [1.82, 2.24) is 4.98 Å². The molecule has 2 aliphatic heterocycles. The van der Waals surface area contributed by atoms with E-state index in [9.17, 15) is 4.79 Å². The van der Waals surface area contributed by atoms with Crippen LogP contribution >= 0.6 is 0 Å². The highest BCUT2D eigenvalue weighted by Crippen LogP contribution is 2.29. The van der Waals surface area contributed by atoms with Crippen molar-refractivity contribution in [2.45, 2.75) is 37.0 Å². The first-order valence-corrected chi connectivity index (χ1v) is 11.0. The van der Waals surface area contributed by atoms with Gasteiger partial charge in [-0.1, -0.05) is 0 Å². The number of nitrogens with two attached hydrogens (primary N) is 5. The highest BCUT2D eigenvalue weighted by molar-refractivity contribution is 5.93. The zero-order valence-electron chi connectivity index (χ0n) is 18.2. The minimum absolute atomic E-state index is 0.00112. The average Bonchev–Trinajstić information content (AvgIpc) is 2.72. The molecule has 2 fully saturated rings. The topological polar surface area (TPSA) is 179 Å². The van der Waals surface area contributed by atoms with Crippen molar-refractivity contribution >= 4 is 28.9 Å². The number of amides is 1. The molecule has 11 N–H and O–H groups in total. The summed E-state index contributed by atoms with van der Waals surface area (Å²) in [6.45, 7) is 2.76. The standard InChI is InChI=1S/C22H33N9O/c23-14-5-15(24)10-30(9-14)20-7-19(28-18-3-1-13(2-4-18)22(27)32)8-21(29-20)31-11-16(25)6-17(26)12-31/h1-4,7-8,14-17H,5-6,9-12,23-26H2,(H2,27,32)(H,28,29)/t14-,15+,16-,17+. The van der Waals surface area contributed by atoms with Crippen LogP contribution < -0.4 is 43.8 Å². The van der Waals surface area contributed by atoms with Crippen molar-refractivity contribution in [3.05, 3.63) is 42.0 Å². The molecule has 32 heavy (non-hydrogen) atoms. The molecule has 1 aromatic heterocycles. The highest BCUT2D eigenvalue weighted by Gasteiger charge is 2.27. The van der Waals surface area contributed by atoms with Crippen molar-refractivity contribution < 1.29 is 4.79 Å². The van der Waals surface area contributed by atoms with Crippen LogP contribution in [-0.4, -0.2) is 61.2 Å². The van der Waals surface area contributed by atoms with Gasteiger partial charge in [0.2, 0.25) is 5.91 Å². The number of hydrogen-bond acceptors (Lipinski definition) is 9. The maximum absolute atomic E-state index is 11.4. The number of rotatable bonds is 5. The second-order valence-electron chi connectivity index (χ2n) is 8.96. The van der Waals surface area contributed by atoms with Gasteiger partial charge in [0.1, 0.15) is 11.6 Å². The molecule has 1 aromatic carbocycles. The number of primary amides is 1. The first-order chi connectivity index (χ1) is 15.3. The van der Waals surface area contributed by atoms with Crippen LogP contribution in [0.2, 0.25) is 0 Å². The lowest BCUT2D eigenvalue weighted by atomic mass is 10.0. The molecule has 3 heterocycles. The van der Waals surface area contributed by atoms with Gasteiger partial charge >= 0.3 is 0 Å². The third-order valence-corrected chi connectivity index (χ3v) is 5.93. The number of aromatic nitrogens is 1. The van der Waals surface area contributed by atoms with Gasteiger partial charge in [-0.2, -0.15) is 0 Å². The molecule has 0 saturated carbocycles. The smallest absolute Gasteiger partial charge is 0.248 e. The fraction of sp³-hybridized carbons (Fsp3) is 0.455. The van der Waals surface area contributed by atoms with E-state index in [0.29, 0.717) is 31.7 Å². The average molecular weight is 440 g/mol. The number of hydrogen-bond donors (Lipinski definition) is 6. The van der Waals surface area contributed by atoms with E-state index >= 15 is 0 Å². The Hall–Kier alpha value is -2.92. The molecule has 4 rings (SSSR count). The summed E-state index contributed by atoms with van der Waals surface area (Å²) < 4.78 is 0. The number of piperidine rings is 2. The van der Waals surface area contributed by atoms with Gasteiger partial charge in [-0.05, 0) is 37.1 Å². The molecule has 0 aliphatic carbocycles. The van der Waals surface area contributed by atoms with Gasteiger partial charge in [0, 0.05) is 79.4 Å². The van der Waals surface area contributed by atoms with E-state index in [2.05, 4.69) is 15.1 Å². The molecule has 172 valence electrons. The van der Waals surface area contributed by atoms with Crippen LogP contribution in [0.15, 0.2) is 36.4 Å². The van der Waals surface area contributed by atoms with Gasteiger partial charge < -0.3 is 43.8 Å². The third kappa shape index (κ3) is 5.28. The van der Waals surface area contributed by atoms with Crippen molar-refractivity contribution in [3.8, 4) is 0 Å². The summed E-state index contributed by atoms with van der Waals surface area (Å²) in [5.41, 5.74) is 32.4. The van der Waals surface area contributed by atoms with E-state index in [1.165, 1.54) is 0 Å². The Morgan fingerprint density at radius 1 is 0.781 bits per heavy atom. The lowest BCUT2D eigenvalue weighted by Crippen LogP contribution is -2.53. The van der Waals surface area contributed by atoms with Crippen LogP contribution in [0.4, 0.5) is 23.0 Å². The predicted molar refractivity (Wildman–Crippen MR) is 128 cm³/mol. The number of carbonyl (C=O) groups excluding carboxylic acids is 1. The summed E-state index contributed by atoms with van der Waals surface area (Å²) in [6.07, 6.45) is 1.59.